The third-order valence-corrected chi connectivity index (χ3v) is 2.81. The molecule has 0 aliphatic rings. The zero-order valence-electron chi connectivity index (χ0n) is 10.1. The van der Waals surface area contributed by atoms with Crippen LogP contribution >= 0.6 is 0 Å². The highest BCUT2D eigenvalue weighted by atomic mass is 16.5. The van der Waals surface area contributed by atoms with Crippen LogP contribution in [0.1, 0.15) is 11.5 Å². The third-order valence-electron chi connectivity index (χ3n) is 2.81. The van der Waals surface area contributed by atoms with Gasteiger partial charge in [-0.1, -0.05) is 18.2 Å². The number of nitrogens with one attached hydrogen (secondary N) is 1. The topological polar surface area (TPSA) is 68.4 Å². The van der Waals surface area contributed by atoms with Gasteiger partial charge in [0.05, 0.1) is 14.2 Å². The minimum Gasteiger partial charge on any atom is -0.468 e. The molecular weight excluding hydrogens is 234 g/mol. The van der Waals surface area contributed by atoms with Gasteiger partial charge >= 0.3 is 11.9 Å². The summed E-state index contributed by atoms with van der Waals surface area (Å²) in [5.74, 6) is -2.32. The molecule has 1 N–H and O–H groups in total. The Bertz CT molecular complexity index is 571. The maximum atomic E-state index is 11.7. The lowest BCUT2D eigenvalue weighted by molar-refractivity contribution is -0.154. The van der Waals surface area contributed by atoms with Crippen molar-refractivity contribution in [2.75, 3.05) is 14.2 Å². The van der Waals surface area contributed by atoms with Crippen molar-refractivity contribution < 1.29 is 19.1 Å². The van der Waals surface area contributed by atoms with Crippen molar-refractivity contribution in [3.8, 4) is 0 Å². The number of aromatic nitrogens is 1. The van der Waals surface area contributed by atoms with E-state index in [1.165, 1.54) is 14.2 Å². The number of ether oxygens (including phenoxy) is 2. The van der Waals surface area contributed by atoms with Gasteiger partial charge < -0.3 is 14.5 Å². The van der Waals surface area contributed by atoms with Crippen LogP contribution in [-0.2, 0) is 19.1 Å². The Morgan fingerprint density at radius 3 is 2.33 bits per heavy atom. The molecule has 1 aromatic heterocycles. The Balaban J connectivity index is 2.54. The van der Waals surface area contributed by atoms with E-state index in [0.29, 0.717) is 5.56 Å². The number of fused-ring (bicyclic) bond motifs is 1. The number of esters is 2. The van der Waals surface area contributed by atoms with Crippen LogP contribution in [0.4, 0.5) is 0 Å². The normalized spacial score (nSPS) is 10.6. The maximum absolute atomic E-state index is 11.7. The molecule has 1 aromatic carbocycles. The molecule has 2 aromatic rings. The van der Waals surface area contributed by atoms with E-state index in [1.54, 1.807) is 6.20 Å². The number of hydrogen-bond donors (Lipinski definition) is 1. The molecule has 2 rings (SSSR count). The number of para-hydroxylation sites is 1. The monoisotopic (exact) mass is 247 g/mol. The largest absolute Gasteiger partial charge is 0.468 e. The van der Waals surface area contributed by atoms with E-state index >= 15 is 0 Å². The second-order valence-corrected chi connectivity index (χ2v) is 3.77. The van der Waals surface area contributed by atoms with Crippen LogP contribution in [0, 0.1) is 0 Å². The molecule has 0 aliphatic heterocycles. The lowest BCUT2D eigenvalue weighted by Crippen LogP contribution is -2.24. The van der Waals surface area contributed by atoms with Crippen molar-refractivity contribution in [2.24, 2.45) is 0 Å². The Morgan fingerprint density at radius 2 is 1.72 bits per heavy atom. The molecule has 0 saturated carbocycles. The summed E-state index contributed by atoms with van der Waals surface area (Å²) in [6.45, 7) is 0. The summed E-state index contributed by atoms with van der Waals surface area (Å²) < 4.78 is 9.31. The molecule has 1 heterocycles. The standard InChI is InChI=1S/C13H13NO4/c1-17-12(15)11(13(16)18-2)9-7-14-10-6-4-3-5-8(9)10/h3-7,11,14H,1-2H3. The van der Waals surface area contributed by atoms with Gasteiger partial charge in [0.15, 0.2) is 5.92 Å². The first-order valence-electron chi connectivity index (χ1n) is 5.40. The van der Waals surface area contributed by atoms with Crippen molar-refractivity contribution in [1.82, 2.24) is 4.98 Å². The smallest absolute Gasteiger partial charge is 0.324 e. The SMILES string of the molecule is COC(=O)C(C(=O)OC)c1c[nH]c2ccccc12. The van der Waals surface area contributed by atoms with Gasteiger partial charge in [0.25, 0.3) is 0 Å². The molecular formula is C13H13NO4. The molecule has 0 amide bonds. The summed E-state index contributed by atoms with van der Waals surface area (Å²) >= 11 is 0. The van der Waals surface area contributed by atoms with Gasteiger partial charge in [-0.05, 0) is 6.07 Å². The van der Waals surface area contributed by atoms with Crippen molar-refractivity contribution in [3.05, 3.63) is 36.0 Å². The van der Waals surface area contributed by atoms with Gasteiger partial charge in [-0.25, -0.2) is 0 Å². The highest BCUT2D eigenvalue weighted by Crippen LogP contribution is 2.27. The fraction of sp³-hybridized carbons (Fsp3) is 0.231. The van der Waals surface area contributed by atoms with Crippen molar-refractivity contribution in [2.45, 2.75) is 5.92 Å². The van der Waals surface area contributed by atoms with Crippen molar-refractivity contribution in [3.63, 3.8) is 0 Å². The molecule has 0 bridgehead atoms. The second kappa shape index (κ2) is 4.91. The highest BCUT2D eigenvalue weighted by Gasteiger charge is 2.32. The zero-order chi connectivity index (χ0) is 13.1. The first-order valence-corrected chi connectivity index (χ1v) is 5.40. The second-order valence-electron chi connectivity index (χ2n) is 3.77. The molecule has 0 fully saturated rings. The van der Waals surface area contributed by atoms with E-state index in [0.717, 1.165) is 10.9 Å². The summed E-state index contributed by atoms with van der Waals surface area (Å²) in [6.07, 6.45) is 1.63. The molecule has 0 atom stereocenters. The molecule has 0 unspecified atom stereocenters. The number of hydrogen-bond acceptors (Lipinski definition) is 4. The predicted octanol–water partition coefficient (Wildman–Crippen LogP) is 1.60. The molecule has 0 saturated heterocycles. The number of rotatable bonds is 3. The van der Waals surface area contributed by atoms with E-state index in [1.807, 2.05) is 24.3 Å². The van der Waals surface area contributed by atoms with E-state index in [4.69, 9.17) is 0 Å². The van der Waals surface area contributed by atoms with Gasteiger partial charge in [0.1, 0.15) is 0 Å². The predicted molar refractivity (Wildman–Crippen MR) is 65.1 cm³/mol. The Kier molecular flexibility index (Phi) is 3.32. The van der Waals surface area contributed by atoms with E-state index in [2.05, 4.69) is 14.5 Å². The van der Waals surface area contributed by atoms with E-state index < -0.39 is 17.9 Å². The first kappa shape index (κ1) is 12.2. The lowest BCUT2D eigenvalue weighted by Gasteiger charge is -2.11. The van der Waals surface area contributed by atoms with Crippen LogP contribution in [0.25, 0.3) is 10.9 Å². The average Bonchev–Trinajstić information content (AvgIpc) is 2.82. The summed E-state index contributed by atoms with van der Waals surface area (Å²) in [7, 11) is 2.49. The molecule has 0 aliphatic carbocycles. The number of benzene rings is 1. The Morgan fingerprint density at radius 1 is 1.11 bits per heavy atom. The third kappa shape index (κ3) is 1.95. The van der Waals surface area contributed by atoms with Gasteiger partial charge in [-0.2, -0.15) is 0 Å². The van der Waals surface area contributed by atoms with Crippen molar-refractivity contribution >= 4 is 22.8 Å². The lowest BCUT2D eigenvalue weighted by atomic mass is 9.99. The quantitative estimate of drug-likeness (QED) is 0.660. The van der Waals surface area contributed by atoms with Crippen LogP contribution in [0.3, 0.4) is 0 Å². The number of carbonyl (C=O) groups is 2. The number of aromatic amines is 1. The molecule has 0 spiro atoms. The summed E-state index contributed by atoms with van der Waals surface area (Å²) in [4.78, 5) is 26.4. The fourth-order valence-corrected chi connectivity index (χ4v) is 1.92. The highest BCUT2D eigenvalue weighted by molar-refractivity contribution is 6.04. The molecule has 5 nitrogen and oxygen atoms in total. The van der Waals surface area contributed by atoms with E-state index in [-0.39, 0.29) is 0 Å². The van der Waals surface area contributed by atoms with Gasteiger partial charge in [-0.3, -0.25) is 9.59 Å². The summed E-state index contributed by atoms with van der Waals surface area (Å²) in [6, 6.07) is 7.41. The Labute approximate surface area is 104 Å². The zero-order valence-corrected chi connectivity index (χ0v) is 10.1. The van der Waals surface area contributed by atoms with Gasteiger partial charge in [0, 0.05) is 22.7 Å². The summed E-state index contributed by atoms with van der Waals surface area (Å²) in [5, 5.41) is 0.804. The van der Waals surface area contributed by atoms with E-state index in [9.17, 15) is 9.59 Å². The number of methoxy groups -OCH3 is 2. The van der Waals surface area contributed by atoms with Crippen LogP contribution in [0.5, 0.6) is 0 Å². The molecule has 18 heavy (non-hydrogen) atoms. The molecule has 0 radical (unpaired) electrons. The minimum absolute atomic E-state index is 0.560. The molecule has 5 heteroatoms. The average molecular weight is 247 g/mol. The minimum atomic E-state index is -1.06. The van der Waals surface area contributed by atoms with Crippen LogP contribution in [-0.4, -0.2) is 31.1 Å². The summed E-state index contributed by atoms with van der Waals surface area (Å²) in [5.41, 5.74) is 1.41. The van der Waals surface area contributed by atoms with Crippen LogP contribution in [0.15, 0.2) is 30.5 Å². The maximum Gasteiger partial charge on any atom is 0.324 e. The van der Waals surface area contributed by atoms with Gasteiger partial charge in [-0.15, -0.1) is 0 Å². The van der Waals surface area contributed by atoms with Crippen LogP contribution in [0.2, 0.25) is 0 Å². The van der Waals surface area contributed by atoms with Crippen molar-refractivity contribution in [1.29, 1.82) is 0 Å². The van der Waals surface area contributed by atoms with Gasteiger partial charge in [0.2, 0.25) is 0 Å². The fourth-order valence-electron chi connectivity index (χ4n) is 1.92. The molecule has 94 valence electrons. The van der Waals surface area contributed by atoms with Crippen LogP contribution < -0.4 is 0 Å². The number of carbonyl (C=O) groups excluding carboxylic acids is 2. The first-order chi connectivity index (χ1) is 8.69. The Hall–Kier alpha value is -2.30. The number of H-pyrrole nitrogens is 1.